The number of anilines is 1. The average Bonchev–Trinajstić information content (AvgIpc) is 3.50. The second kappa shape index (κ2) is 9.49. The van der Waals surface area contributed by atoms with Crippen molar-refractivity contribution < 1.29 is 14.3 Å². The SMILES string of the molecule is COc1ccccc1C(NC(=O)c1ccc(NC(=O)c2cccs2)cc1)c1nccn1C. The highest BCUT2D eigenvalue weighted by Crippen LogP contribution is 2.29. The van der Waals surface area contributed by atoms with Gasteiger partial charge in [0.2, 0.25) is 0 Å². The van der Waals surface area contributed by atoms with E-state index in [2.05, 4.69) is 15.6 Å². The van der Waals surface area contributed by atoms with Gasteiger partial charge in [-0.15, -0.1) is 11.3 Å². The molecule has 4 rings (SSSR count). The summed E-state index contributed by atoms with van der Waals surface area (Å²) in [4.78, 5) is 30.4. The van der Waals surface area contributed by atoms with Gasteiger partial charge in [0, 0.05) is 36.3 Å². The Hall–Kier alpha value is -3.91. The van der Waals surface area contributed by atoms with Gasteiger partial charge in [0.1, 0.15) is 17.6 Å². The van der Waals surface area contributed by atoms with Crippen LogP contribution in [0.15, 0.2) is 78.4 Å². The van der Waals surface area contributed by atoms with Crippen LogP contribution in [0, 0.1) is 0 Å². The van der Waals surface area contributed by atoms with E-state index in [-0.39, 0.29) is 11.8 Å². The Morgan fingerprint density at radius 1 is 1.03 bits per heavy atom. The fraction of sp³-hybridized carbons (Fsp3) is 0.125. The molecule has 2 N–H and O–H groups in total. The number of para-hydroxylation sites is 1. The first-order valence-electron chi connectivity index (χ1n) is 9.92. The number of thiophene rings is 1. The number of carbonyl (C=O) groups is 2. The van der Waals surface area contributed by atoms with Crippen molar-refractivity contribution in [1.82, 2.24) is 14.9 Å². The number of benzene rings is 2. The molecule has 7 nitrogen and oxygen atoms in total. The van der Waals surface area contributed by atoms with E-state index in [1.54, 1.807) is 43.6 Å². The van der Waals surface area contributed by atoms with Crippen molar-refractivity contribution in [2.45, 2.75) is 6.04 Å². The van der Waals surface area contributed by atoms with Crippen LogP contribution in [0.3, 0.4) is 0 Å². The third-order valence-electron chi connectivity index (χ3n) is 4.99. The number of carbonyl (C=O) groups excluding carboxylic acids is 2. The Balaban J connectivity index is 1.55. The highest BCUT2D eigenvalue weighted by Gasteiger charge is 2.24. The lowest BCUT2D eigenvalue weighted by Gasteiger charge is -2.21. The fourth-order valence-electron chi connectivity index (χ4n) is 3.36. The van der Waals surface area contributed by atoms with Crippen molar-refractivity contribution in [3.05, 3.63) is 100 Å². The Morgan fingerprint density at radius 2 is 1.81 bits per heavy atom. The monoisotopic (exact) mass is 446 g/mol. The lowest BCUT2D eigenvalue weighted by atomic mass is 10.0. The van der Waals surface area contributed by atoms with Crippen LogP contribution in [-0.4, -0.2) is 28.5 Å². The summed E-state index contributed by atoms with van der Waals surface area (Å²) in [6.45, 7) is 0. The molecule has 0 fully saturated rings. The molecule has 0 saturated heterocycles. The first kappa shape index (κ1) is 21.3. The number of aromatic nitrogens is 2. The van der Waals surface area contributed by atoms with Gasteiger partial charge in [-0.2, -0.15) is 0 Å². The molecule has 162 valence electrons. The second-order valence-corrected chi connectivity index (χ2v) is 8.00. The molecular formula is C24H22N4O3S. The van der Waals surface area contributed by atoms with E-state index in [0.29, 0.717) is 27.7 Å². The minimum Gasteiger partial charge on any atom is -0.496 e. The normalized spacial score (nSPS) is 11.6. The maximum atomic E-state index is 13.1. The van der Waals surface area contributed by atoms with Gasteiger partial charge in [0.25, 0.3) is 11.8 Å². The smallest absolute Gasteiger partial charge is 0.265 e. The predicted molar refractivity (Wildman–Crippen MR) is 124 cm³/mol. The molecule has 0 aliphatic carbocycles. The molecule has 1 atom stereocenters. The molecule has 2 aromatic heterocycles. The van der Waals surface area contributed by atoms with E-state index < -0.39 is 6.04 Å². The third kappa shape index (κ3) is 4.55. The van der Waals surface area contributed by atoms with Crippen LogP contribution in [0.1, 0.15) is 37.5 Å². The predicted octanol–water partition coefficient (Wildman–Crippen LogP) is 4.26. The highest BCUT2D eigenvalue weighted by atomic mass is 32.1. The van der Waals surface area contributed by atoms with Crippen molar-refractivity contribution >= 4 is 28.8 Å². The van der Waals surface area contributed by atoms with Gasteiger partial charge in [0.15, 0.2) is 0 Å². The van der Waals surface area contributed by atoms with Crippen molar-refractivity contribution in [2.75, 3.05) is 12.4 Å². The van der Waals surface area contributed by atoms with Gasteiger partial charge in [-0.05, 0) is 41.8 Å². The van der Waals surface area contributed by atoms with Gasteiger partial charge in [-0.25, -0.2) is 4.98 Å². The van der Waals surface area contributed by atoms with Crippen molar-refractivity contribution in [3.63, 3.8) is 0 Å². The van der Waals surface area contributed by atoms with E-state index in [1.807, 2.05) is 53.5 Å². The Bertz CT molecular complexity index is 1220. The van der Waals surface area contributed by atoms with Crippen LogP contribution >= 0.6 is 11.3 Å². The molecule has 0 bridgehead atoms. The van der Waals surface area contributed by atoms with Gasteiger partial charge >= 0.3 is 0 Å². The molecule has 8 heteroatoms. The van der Waals surface area contributed by atoms with Gasteiger partial charge in [-0.3, -0.25) is 9.59 Å². The number of imidazole rings is 1. The van der Waals surface area contributed by atoms with Crippen LogP contribution in [-0.2, 0) is 7.05 Å². The van der Waals surface area contributed by atoms with E-state index >= 15 is 0 Å². The quantitative estimate of drug-likeness (QED) is 0.444. The largest absolute Gasteiger partial charge is 0.496 e. The first-order valence-corrected chi connectivity index (χ1v) is 10.8. The number of hydrogen-bond donors (Lipinski definition) is 2. The standard InChI is InChI=1S/C24H22N4O3S/c1-28-14-13-25-22(28)21(18-6-3-4-7-19(18)31-2)27-23(29)16-9-11-17(12-10-16)26-24(30)20-8-5-15-32-20/h3-15,21H,1-2H3,(H,26,30)(H,27,29). The van der Waals surface area contributed by atoms with Crippen LogP contribution in [0.25, 0.3) is 0 Å². The molecule has 0 radical (unpaired) electrons. The summed E-state index contributed by atoms with van der Waals surface area (Å²) in [5.74, 6) is 0.901. The Morgan fingerprint density at radius 3 is 2.47 bits per heavy atom. The van der Waals surface area contributed by atoms with E-state index in [1.165, 1.54) is 11.3 Å². The van der Waals surface area contributed by atoms with Gasteiger partial charge in [0.05, 0.1) is 12.0 Å². The number of amides is 2. The summed E-state index contributed by atoms with van der Waals surface area (Å²) in [6.07, 6.45) is 3.52. The Labute approximate surface area is 189 Å². The molecule has 0 aliphatic rings. The van der Waals surface area contributed by atoms with Gasteiger partial charge < -0.3 is 19.9 Å². The van der Waals surface area contributed by atoms with E-state index in [0.717, 1.165) is 5.56 Å². The summed E-state index contributed by atoms with van der Waals surface area (Å²) in [5.41, 5.74) is 1.89. The number of nitrogens with zero attached hydrogens (tertiary/aromatic N) is 2. The lowest BCUT2D eigenvalue weighted by Crippen LogP contribution is -2.31. The molecule has 1 unspecified atom stereocenters. The second-order valence-electron chi connectivity index (χ2n) is 7.05. The maximum Gasteiger partial charge on any atom is 0.265 e. The van der Waals surface area contributed by atoms with Crippen molar-refractivity contribution in [2.24, 2.45) is 7.05 Å². The topological polar surface area (TPSA) is 85.2 Å². The summed E-state index contributed by atoms with van der Waals surface area (Å²) < 4.78 is 7.37. The number of hydrogen-bond acceptors (Lipinski definition) is 5. The van der Waals surface area contributed by atoms with Crippen LogP contribution in [0.5, 0.6) is 5.75 Å². The molecule has 4 aromatic rings. The van der Waals surface area contributed by atoms with Crippen LogP contribution in [0.4, 0.5) is 5.69 Å². The first-order chi connectivity index (χ1) is 15.6. The number of aryl methyl sites for hydroxylation is 1. The molecule has 2 heterocycles. The summed E-state index contributed by atoms with van der Waals surface area (Å²) in [5, 5.41) is 7.74. The summed E-state index contributed by atoms with van der Waals surface area (Å²) >= 11 is 1.37. The van der Waals surface area contributed by atoms with Crippen LogP contribution < -0.4 is 15.4 Å². The molecule has 2 amide bonds. The fourth-order valence-corrected chi connectivity index (χ4v) is 3.98. The molecule has 0 aliphatic heterocycles. The molecule has 0 spiro atoms. The maximum absolute atomic E-state index is 13.1. The number of ether oxygens (including phenoxy) is 1. The van der Waals surface area contributed by atoms with E-state index in [9.17, 15) is 9.59 Å². The molecular weight excluding hydrogens is 424 g/mol. The zero-order chi connectivity index (χ0) is 22.5. The lowest BCUT2D eigenvalue weighted by molar-refractivity contribution is 0.0940. The highest BCUT2D eigenvalue weighted by molar-refractivity contribution is 7.12. The zero-order valence-electron chi connectivity index (χ0n) is 17.6. The zero-order valence-corrected chi connectivity index (χ0v) is 18.4. The number of rotatable bonds is 7. The van der Waals surface area contributed by atoms with Gasteiger partial charge in [-0.1, -0.05) is 24.3 Å². The third-order valence-corrected chi connectivity index (χ3v) is 5.86. The number of methoxy groups -OCH3 is 1. The van der Waals surface area contributed by atoms with E-state index in [4.69, 9.17) is 4.74 Å². The average molecular weight is 447 g/mol. The minimum atomic E-state index is -0.503. The van der Waals surface area contributed by atoms with Crippen molar-refractivity contribution in [1.29, 1.82) is 0 Å². The summed E-state index contributed by atoms with van der Waals surface area (Å²) in [7, 11) is 3.47. The van der Waals surface area contributed by atoms with Crippen molar-refractivity contribution in [3.8, 4) is 5.75 Å². The molecule has 0 saturated carbocycles. The number of nitrogens with one attached hydrogen (secondary N) is 2. The molecule has 32 heavy (non-hydrogen) atoms. The Kier molecular flexibility index (Phi) is 6.32. The summed E-state index contributed by atoms with van der Waals surface area (Å²) in [6, 6.07) is 17.4. The molecule has 2 aromatic carbocycles. The minimum absolute atomic E-state index is 0.178. The van der Waals surface area contributed by atoms with Crippen LogP contribution in [0.2, 0.25) is 0 Å².